The Balaban J connectivity index is 3.20. The lowest BCUT2D eigenvalue weighted by atomic mass is 11.2. The third-order valence-electron chi connectivity index (χ3n) is 0.855. The summed E-state index contributed by atoms with van der Waals surface area (Å²) in [4.78, 5) is 10.5. The summed E-state index contributed by atoms with van der Waals surface area (Å²) in [7, 11) is 0. The Morgan fingerprint density at radius 1 is 1.89 bits per heavy atom. The molecule has 9 heavy (non-hydrogen) atoms. The second kappa shape index (κ2) is 2.14. The molecule has 0 atom stereocenters. The molecule has 0 bridgehead atoms. The number of aromatic amines is 1. The molecular weight excluding hydrogens is 140 g/mol. The van der Waals surface area contributed by atoms with Crippen LogP contribution in [-0.2, 0) is 0 Å². The van der Waals surface area contributed by atoms with Crippen LogP contribution in [0, 0.1) is 0 Å². The maximum Gasteiger partial charge on any atom is 0.362 e. The van der Waals surface area contributed by atoms with Crippen LogP contribution in [-0.4, -0.2) is 21.1 Å². The molecule has 0 saturated carbocycles. The molecule has 1 aromatic heterocycles. The van der Waals surface area contributed by atoms with E-state index in [4.69, 9.17) is 5.84 Å². The molecule has 0 aliphatic heterocycles. The first-order valence-corrected chi connectivity index (χ1v) is 3.44. The van der Waals surface area contributed by atoms with E-state index < -0.39 is 0 Å². The van der Waals surface area contributed by atoms with E-state index in [1.807, 2.05) is 0 Å². The summed E-state index contributed by atoms with van der Waals surface area (Å²) in [5.74, 6) is 5.20. The molecule has 0 aromatic carbocycles. The van der Waals surface area contributed by atoms with Gasteiger partial charge in [-0.2, -0.15) is 4.68 Å². The smallest absolute Gasteiger partial charge is 0.333 e. The topological polar surface area (TPSA) is 76.7 Å². The van der Waals surface area contributed by atoms with Crippen molar-refractivity contribution in [2.45, 2.75) is 5.16 Å². The van der Waals surface area contributed by atoms with Crippen molar-refractivity contribution in [3.8, 4) is 0 Å². The maximum absolute atomic E-state index is 10.5. The van der Waals surface area contributed by atoms with Gasteiger partial charge in [0.15, 0.2) is 0 Å². The molecule has 0 unspecified atom stereocenters. The Morgan fingerprint density at radius 2 is 2.56 bits per heavy atom. The summed E-state index contributed by atoms with van der Waals surface area (Å²) in [5, 5.41) is 6.28. The molecule has 0 fully saturated rings. The second-order valence-corrected chi connectivity index (χ2v) is 2.16. The highest BCUT2D eigenvalue weighted by Crippen LogP contribution is 2.03. The van der Waals surface area contributed by atoms with E-state index in [1.165, 1.54) is 11.8 Å². The van der Waals surface area contributed by atoms with Crippen molar-refractivity contribution >= 4 is 11.8 Å². The number of aromatic nitrogens is 3. The van der Waals surface area contributed by atoms with Crippen molar-refractivity contribution < 1.29 is 0 Å². The van der Waals surface area contributed by atoms with Gasteiger partial charge in [-0.3, -0.25) is 0 Å². The zero-order valence-electron chi connectivity index (χ0n) is 4.79. The molecule has 0 amide bonds. The molecule has 50 valence electrons. The van der Waals surface area contributed by atoms with Gasteiger partial charge in [-0.05, 0) is 6.26 Å². The highest BCUT2D eigenvalue weighted by atomic mass is 32.2. The predicted molar refractivity (Wildman–Crippen MR) is 34.8 cm³/mol. The average molecular weight is 146 g/mol. The number of H-pyrrole nitrogens is 1. The minimum Gasteiger partial charge on any atom is -0.333 e. The van der Waals surface area contributed by atoms with Gasteiger partial charge < -0.3 is 5.84 Å². The molecule has 5 nitrogen and oxygen atoms in total. The van der Waals surface area contributed by atoms with Crippen LogP contribution in [0.15, 0.2) is 9.95 Å². The lowest BCUT2D eigenvalue weighted by molar-refractivity contribution is 0.828. The van der Waals surface area contributed by atoms with Gasteiger partial charge in [-0.25, -0.2) is 9.89 Å². The quantitative estimate of drug-likeness (QED) is 0.394. The number of hydrogen-bond acceptors (Lipinski definition) is 4. The van der Waals surface area contributed by atoms with E-state index in [2.05, 4.69) is 10.2 Å². The van der Waals surface area contributed by atoms with Crippen molar-refractivity contribution in [1.82, 2.24) is 14.9 Å². The monoisotopic (exact) mass is 146 g/mol. The molecule has 0 aliphatic rings. The van der Waals surface area contributed by atoms with Gasteiger partial charge in [0.05, 0.1) is 0 Å². The predicted octanol–water partition coefficient (Wildman–Crippen LogP) is -0.993. The number of nitrogen functional groups attached to an aromatic ring is 1. The molecule has 0 spiro atoms. The number of nitrogens with one attached hydrogen (secondary N) is 1. The van der Waals surface area contributed by atoms with Crippen molar-refractivity contribution in [3.05, 3.63) is 10.5 Å². The van der Waals surface area contributed by atoms with Crippen LogP contribution in [0.2, 0.25) is 0 Å². The van der Waals surface area contributed by atoms with Crippen LogP contribution in [0.5, 0.6) is 0 Å². The summed E-state index contributed by atoms with van der Waals surface area (Å²) in [6.45, 7) is 0. The first-order valence-electron chi connectivity index (χ1n) is 2.22. The number of thioether (sulfide) groups is 1. The van der Waals surface area contributed by atoms with Crippen LogP contribution in [0.3, 0.4) is 0 Å². The van der Waals surface area contributed by atoms with Crippen molar-refractivity contribution in [2.75, 3.05) is 12.1 Å². The minimum absolute atomic E-state index is 0.389. The highest BCUT2D eigenvalue weighted by molar-refractivity contribution is 7.98. The van der Waals surface area contributed by atoms with Gasteiger partial charge in [-0.15, -0.1) is 5.10 Å². The summed E-state index contributed by atoms with van der Waals surface area (Å²) >= 11 is 1.31. The Kier molecular flexibility index (Phi) is 1.48. The van der Waals surface area contributed by atoms with Gasteiger partial charge in [0.1, 0.15) is 0 Å². The van der Waals surface area contributed by atoms with E-state index in [1.54, 1.807) is 6.26 Å². The van der Waals surface area contributed by atoms with Gasteiger partial charge in [0.25, 0.3) is 0 Å². The van der Waals surface area contributed by atoms with Crippen molar-refractivity contribution in [2.24, 2.45) is 0 Å². The normalized spacial score (nSPS) is 9.89. The zero-order chi connectivity index (χ0) is 6.85. The molecular formula is C3H6N4OS. The number of nitrogens with two attached hydrogens (primary N) is 1. The largest absolute Gasteiger partial charge is 0.362 e. The zero-order valence-corrected chi connectivity index (χ0v) is 5.60. The van der Waals surface area contributed by atoms with Gasteiger partial charge in [0, 0.05) is 0 Å². The van der Waals surface area contributed by atoms with E-state index in [-0.39, 0.29) is 5.69 Å². The standard InChI is InChI=1S/C3H6N4OS/c1-9-3-6-5-2(8)7(3)4/h4H2,1H3,(H,5,8). The molecule has 1 rings (SSSR count). The summed E-state index contributed by atoms with van der Waals surface area (Å²) in [6.07, 6.45) is 1.79. The van der Waals surface area contributed by atoms with Crippen molar-refractivity contribution in [3.63, 3.8) is 0 Å². The molecule has 6 heteroatoms. The maximum atomic E-state index is 10.5. The van der Waals surface area contributed by atoms with Crippen LogP contribution in [0.1, 0.15) is 0 Å². The fourth-order valence-electron chi connectivity index (χ4n) is 0.434. The summed E-state index contributed by atoms with van der Waals surface area (Å²) < 4.78 is 0.963. The Labute approximate surface area is 55.2 Å². The molecule has 0 saturated heterocycles. The van der Waals surface area contributed by atoms with Crippen LogP contribution in [0.25, 0.3) is 0 Å². The van der Waals surface area contributed by atoms with Crippen LogP contribution < -0.4 is 11.5 Å². The van der Waals surface area contributed by atoms with Gasteiger partial charge in [-0.1, -0.05) is 11.8 Å². The van der Waals surface area contributed by atoms with E-state index in [9.17, 15) is 4.79 Å². The third kappa shape index (κ3) is 0.925. The molecule has 0 radical (unpaired) electrons. The molecule has 1 aromatic rings. The fraction of sp³-hybridized carbons (Fsp3) is 0.333. The Bertz CT molecular complexity index is 251. The summed E-state index contributed by atoms with van der Waals surface area (Å²) in [5.41, 5.74) is -0.389. The van der Waals surface area contributed by atoms with Gasteiger partial charge >= 0.3 is 5.69 Å². The number of hydrogen-bond donors (Lipinski definition) is 2. The lowest BCUT2D eigenvalue weighted by Gasteiger charge is -1.89. The number of nitrogens with zero attached hydrogens (tertiary/aromatic N) is 2. The summed E-state index contributed by atoms with van der Waals surface area (Å²) in [6, 6.07) is 0. The fourth-order valence-corrected chi connectivity index (χ4v) is 0.851. The van der Waals surface area contributed by atoms with E-state index in [0.717, 1.165) is 4.68 Å². The first kappa shape index (κ1) is 6.21. The SMILES string of the molecule is CSc1n[nH]c(=O)n1N. The van der Waals surface area contributed by atoms with E-state index in [0.29, 0.717) is 5.16 Å². The highest BCUT2D eigenvalue weighted by Gasteiger charge is 1.99. The average Bonchev–Trinajstić information content (AvgIpc) is 2.15. The number of rotatable bonds is 1. The third-order valence-corrected chi connectivity index (χ3v) is 1.51. The van der Waals surface area contributed by atoms with Crippen LogP contribution in [0.4, 0.5) is 0 Å². The van der Waals surface area contributed by atoms with Crippen molar-refractivity contribution in [1.29, 1.82) is 0 Å². The van der Waals surface area contributed by atoms with Crippen LogP contribution >= 0.6 is 11.8 Å². The van der Waals surface area contributed by atoms with E-state index >= 15 is 0 Å². The minimum atomic E-state index is -0.389. The first-order chi connectivity index (χ1) is 4.25. The molecule has 3 N–H and O–H groups in total. The Morgan fingerprint density at radius 3 is 2.78 bits per heavy atom. The molecule has 1 heterocycles. The van der Waals surface area contributed by atoms with Gasteiger partial charge in [0.2, 0.25) is 5.16 Å². The molecule has 0 aliphatic carbocycles. The lowest BCUT2D eigenvalue weighted by Crippen LogP contribution is -2.24. The second-order valence-electron chi connectivity index (χ2n) is 1.39. The Hall–Kier alpha value is -0.910.